The highest BCUT2D eigenvalue weighted by Gasteiger charge is 2.42. The molecule has 0 saturated carbocycles. The summed E-state index contributed by atoms with van der Waals surface area (Å²) in [6.45, 7) is 2.04. The van der Waals surface area contributed by atoms with Crippen molar-refractivity contribution in [1.29, 1.82) is 0 Å². The normalized spacial score (nSPS) is 19.2. The Morgan fingerprint density at radius 1 is 1.53 bits per heavy atom. The van der Waals surface area contributed by atoms with Crippen LogP contribution >= 0.6 is 15.9 Å². The maximum absolute atomic E-state index is 12.1. The van der Waals surface area contributed by atoms with Crippen molar-refractivity contribution in [2.24, 2.45) is 5.92 Å². The summed E-state index contributed by atoms with van der Waals surface area (Å²) in [6.07, 6.45) is 1.38. The van der Waals surface area contributed by atoms with E-state index in [-0.39, 0.29) is 23.1 Å². The molecule has 1 aromatic heterocycles. The van der Waals surface area contributed by atoms with Crippen LogP contribution in [0.25, 0.3) is 0 Å². The van der Waals surface area contributed by atoms with Gasteiger partial charge in [-0.3, -0.25) is 4.79 Å². The molecule has 7 heteroatoms. The molecule has 0 spiro atoms. The number of hydrogen-bond donors (Lipinski definition) is 0. The zero-order chi connectivity index (χ0) is 12.6. The number of sulfonamides is 1. The predicted molar refractivity (Wildman–Crippen MR) is 65.4 cm³/mol. The molecule has 1 atom stereocenters. The second-order valence-corrected chi connectivity index (χ2v) is 6.38. The lowest BCUT2D eigenvalue weighted by Crippen LogP contribution is -2.34. The van der Waals surface area contributed by atoms with Crippen LogP contribution in [0.3, 0.4) is 0 Å². The van der Waals surface area contributed by atoms with E-state index in [0.29, 0.717) is 5.33 Å². The number of fused-ring (bicyclic) bond motifs is 1. The largest absolute Gasteiger partial charge is 0.285 e. The molecule has 1 amide bonds. The third-order valence-electron chi connectivity index (χ3n) is 2.50. The molecule has 2 rings (SSSR count). The number of rotatable bonds is 3. The zero-order valence-electron chi connectivity index (χ0n) is 9.13. The van der Waals surface area contributed by atoms with Crippen LogP contribution in [0.2, 0.25) is 0 Å². The van der Waals surface area contributed by atoms with Crippen LogP contribution in [-0.4, -0.2) is 35.5 Å². The Labute approximate surface area is 108 Å². The van der Waals surface area contributed by atoms with Gasteiger partial charge in [0.05, 0.1) is 5.56 Å². The molecule has 1 aliphatic heterocycles. The number of halogens is 1. The summed E-state index contributed by atoms with van der Waals surface area (Å²) in [6, 6.07) is 3.05. The van der Waals surface area contributed by atoms with Crippen LogP contribution in [0.1, 0.15) is 17.3 Å². The van der Waals surface area contributed by atoms with Gasteiger partial charge in [-0.25, -0.2) is 9.29 Å². The molecule has 2 heterocycles. The topological polar surface area (TPSA) is 67.3 Å². The SMILES string of the molecule is CC(CBr)CN1C(=O)c2cccnc2S1(=O)=O. The van der Waals surface area contributed by atoms with Gasteiger partial charge >= 0.3 is 0 Å². The van der Waals surface area contributed by atoms with Crippen molar-refractivity contribution in [3.8, 4) is 0 Å². The quantitative estimate of drug-likeness (QED) is 0.787. The van der Waals surface area contributed by atoms with Crippen molar-refractivity contribution >= 4 is 31.9 Å². The highest BCUT2D eigenvalue weighted by Crippen LogP contribution is 2.28. The molecule has 1 unspecified atom stereocenters. The van der Waals surface area contributed by atoms with E-state index in [4.69, 9.17) is 0 Å². The van der Waals surface area contributed by atoms with Crippen molar-refractivity contribution in [1.82, 2.24) is 9.29 Å². The number of carbonyl (C=O) groups is 1. The average molecular weight is 319 g/mol. The first-order valence-electron chi connectivity index (χ1n) is 5.06. The van der Waals surface area contributed by atoms with Gasteiger partial charge in [-0.05, 0) is 18.1 Å². The highest BCUT2D eigenvalue weighted by atomic mass is 79.9. The zero-order valence-corrected chi connectivity index (χ0v) is 11.5. The Balaban J connectivity index is 2.44. The van der Waals surface area contributed by atoms with Crippen LogP contribution in [-0.2, 0) is 10.0 Å². The number of aromatic nitrogens is 1. The maximum atomic E-state index is 12.1. The minimum atomic E-state index is -3.75. The van der Waals surface area contributed by atoms with Crippen LogP contribution < -0.4 is 0 Å². The molecule has 0 saturated heterocycles. The summed E-state index contributed by atoms with van der Waals surface area (Å²) in [5.74, 6) is -0.427. The monoisotopic (exact) mass is 318 g/mol. The number of carbonyl (C=O) groups excluding carboxylic acids is 1. The number of hydrogen-bond acceptors (Lipinski definition) is 4. The minimum Gasteiger partial charge on any atom is -0.268 e. The maximum Gasteiger partial charge on any atom is 0.285 e. The Morgan fingerprint density at radius 3 is 2.82 bits per heavy atom. The molecular formula is C10H11BrN2O3S. The fourth-order valence-electron chi connectivity index (χ4n) is 1.62. The molecule has 0 aliphatic carbocycles. The summed E-state index contributed by atoms with van der Waals surface area (Å²) in [4.78, 5) is 15.7. The molecule has 1 aliphatic rings. The van der Waals surface area contributed by atoms with E-state index in [1.165, 1.54) is 12.3 Å². The standard InChI is InChI=1S/C10H11BrN2O3S/c1-7(5-11)6-13-10(14)8-3-2-4-12-9(8)17(13,15)16/h2-4,7H,5-6H2,1H3. The Bertz CT molecular complexity index is 558. The van der Waals surface area contributed by atoms with Gasteiger partial charge in [0.25, 0.3) is 15.9 Å². The third-order valence-corrected chi connectivity index (χ3v) is 5.32. The smallest absolute Gasteiger partial charge is 0.268 e. The molecule has 0 radical (unpaired) electrons. The molecule has 1 aromatic rings. The van der Waals surface area contributed by atoms with Gasteiger partial charge in [-0.1, -0.05) is 22.9 Å². The van der Waals surface area contributed by atoms with Crippen molar-refractivity contribution in [3.05, 3.63) is 23.9 Å². The van der Waals surface area contributed by atoms with Crippen LogP contribution in [0.15, 0.2) is 23.4 Å². The van der Waals surface area contributed by atoms with Crippen molar-refractivity contribution in [2.45, 2.75) is 11.9 Å². The second-order valence-electron chi connectivity index (χ2n) is 3.96. The van der Waals surface area contributed by atoms with E-state index in [1.54, 1.807) is 6.07 Å². The van der Waals surface area contributed by atoms with E-state index in [9.17, 15) is 13.2 Å². The van der Waals surface area contributed by atoms with E-state index in [2.05, 4.69) is 20.9 Å². The van der Waals surface area contributed by atoms with Crippen LogP contribution in [0.4, 0.5) is 0 Å². The third kappa shape index (κ3) is 1.97. The first-order chi connectivity index (χ1) is 7.98. The van der Waals surface area contributed by atoms with Crippen LogP contribution in [0, 0.1) is 5.92 Å². The van der Waals surface area contributed by atoms with Gasteiger partial charge in [0.1, 0.15) is 0 Å². The summed E-state index contributed by atoms with van der Waals surface area (Å²) >= 11 is 3.27. The van der Waals surface area contributed by atoms with Gasteiger partial charge in [0, 0.05) is 18.1 Å². The Kier molecular flexibility index (Phi) is 3.22. The summed E-state index contributed by atoms with van der Waals surface area (Å²) in [5.41, 5.74) is 0.161. The first kappa shape index (κ1) is 12.5. The fourth-order valence-corrected chi connectivity index (χ4v) is 3.43. The van der Waals surface area contributed by atoms with Gasteiger partial charge in [-0.15, -0.1) is 0 Å². The first-order valence-corrected chi connectivity index (χ1v) is 7.62. The van der Waals surface area contributed by atoms with E-state index < -0.39 is 15.9 Å². The second kappa shape index (κ2) is 4.38. The van der Waals surface area contributed by atoms with E-state index in [1.807, 2.05) is 6.92 Å². The number of nitrogens with zero attached hydrogens (tertiary/aromatic N) is 2. The molecule has 0 aromatic carbocycles. The summed E-state index contributed by atoms with van der Waals surface area (Å²) < 4.78 is 25.0. The number of alkyl halides is 1. The van der Waals surface area contributed by atoms with E-state index >= 15 is 0 Å². The van der Waals surface area contributed by atoms with Crippen molar-refractivity contribution < 1.29 is 13.2 Å². The Morgan fingerprint density at radius 2 is 2.24 bits per heavy atom. The lowest BCUT2D eigenvalue weighted by Gasteiger charge is -2.17. The Hall–Kier alpha value is -0.950. The number of amides is 1. The molecule has 5 nitrogen and oxygen atoms in total. The lowest BCUT2D eigenvalue weighted by molar-refractivity contribution is 0.0861. The molecule has 0 fully saturated rings. The van der Waals surface area contributed by atoms with E-state index in [0.717, 1.165) is 4.31 Å². The molecule has 17 heavy (non-hydrogen) atoms. The molecule has 92 valence electrons. The van der Waals surface area contributed by atoms with Crippen molar-refractivity contribution in [2.75, 3.05) is 11.9 Å². The molecule has 0 bridgehead atoms. The van der Waals surface area contributed by atoms with Crippen molar-refractivity contribution in [3.63, 3.8) is 0 Å². The van der Waals surface area contributed by atoms with Crippen LogP contribution in [0.5, 0.6) is 0 Å². The minimum absolute atomic E-state index is 0.0584. The highest BCUT2D eigenvalue weighted by molar-refractivity contribution is 9.09. The van der Waals surface area contributed by atoms with Gasteiger partial charge in [0.15, 0.2) is 5.03 Å². The van der Waals surface area contributed by atoms with Gasteiger partial charge in [0.2, 0.25) is 0 Å². The predicted octanol–water partition coefficient (Wildman–Crippen LogP) is 1.26. The van der Waals surface area contributed by atoms with Gasteiger partial charge < -0.3 is 0 Å². The average Bonchev–Trinajstić information content (AvgIpc) is 2.51. The lowest BCUT2D eigenvalue weighted by atomic mass is 10.2. The number of pyridine rings is 1. The van der Waals surface area contributed by atoms with Gasteiger partial charge in [-0.2, -0.15) is 8.42 Å². The summed E-state index contributed by atoms with van der Waals surface area (Å²) in [5, 5.41) is 0.502. The fraction of sp³-hybridized carbons (Fsp3) is 0.400. The molecule has 0 N–H and O–H groups in total. The molecular weight excluding hydrogens is 308 g/mol. The summed E-state index contributed by atoms with van der Waals surface area (Å²) in [7, 11) is -3.75.